The van der Waals surface area contributed by atoms with Crippen LogP contribution in [0.15, 0.2) is 0 Å². The Morgan fingerprint density at radius 2 is 1.58 bits per heavy atom. The van der Waals surface area contributed by atoms with Crippen LogP contribution in [0.5, 0.6) is 0 Å². The first-order valence-corrected chi connectivity index (χ1v) is 6.23. The lowest BCUT2D eigenvalue weighted by Crippen LogP contribution is -2.54. The van der Waals surface area contributed by atoms with Crippen LogP contribution < -0.4 is 16.4 Å². The lowest BCUT2D eigenvalue weighted by atomic mass is 10.0. The summed E-state index contributed by atoms with van der Waals surface area (Å²) in [7, 11) is 0. The van der Waals surface area contributed by atoms with Gasteiger partial charge in [-0.15, -0.1) is 0 Å². The maximum atomic E-state index is 11.7. The zero-order valence-corrected chi connectivity index (χ0v) is 11.8. The van der Waals surface area contributed by atoms with Crippen LogP contribution in [0.25, 0.3) is 0 Å². The van der Waals surface area contributed by atoms with Crippen molar-refractivity contribution in [3.8, 4) is 0 Å². The Hall–Kier alpha value is -1.79. The second kappa shape index (κ2) is 7.60. The van der Waals surface area contributed by atoms with Crippen molar-refractivity contribution in [2.45, 2.75) is 46.2 Å². The zero-order chi connectivity index (χ0) is 15.2. The van der Waals surface area contributed by atoms with Gasteiger partial charge in [-0.05, 0) is 11.8 Å². The van der Waals surface area contributed by atoms with Gasteiger partial charge >= 0.3 is 12.0 Å². The normalized spacial score (nSPS) is 14.0. The fourth-order valence-electron chi connectivity index (χ4n) is 1.56. The molecule has 0 bridgehead atoms. The van der Waals surface area contributed by atoms with E-state index in [1.54, 1.807) is 13.8 Å². The maximum absolute atomic E-state index is 11.7. The van der Waals surface area contributed by atoms with E-state index in [0.29, 0.717) is 0 Å². The van der Waals surface area contributed by atoms with Gasteiger partial charge in [-0.3, -0.25) is 9.59 Å². The second-order valence-electron chi connectivity index (χ2n) is 5.19. The molecule has 7 nitrogen and oxygen atoms in total. The van der Waals surface area contributed by atoms with Crippen LogP contribution in [-0.2, 0) is 9.59 Å². The molecule has 7 heteroatoms. The molecule has 110 valence electrons. The number of carboxylic acid groups (broad SMARTS) is 1. The highest BCUT2D eigenvalue weighted by atomic mass is 16.4. The van der Waals surface area contributed by atoms with Gasteiger partial charge in [0.15, 0.2) is 0 Å². The lowest BCUT2D eigenvalue weighted by molar-refractivity contribution is -0.137. The fourth-order valence-corrected chi connectivity index (χ4v) is 1.56. The first kappa shape index (κ1) is 17.2. The summed E-state index contributed by atoms with van der Waals surface area (Å²) in [6.07, 6.45) is -0.173. The Kier molecular flexibility index (Phi) is 6.89. The molecule has 0 aliphatic heterocycles. The molecule has 0 heterocycles. The molecular weight excluding hydrogens is 250 g/mol. The topological polar surface area (TPSA) is 122 Å². The van der Waals surface area contributed by atoms with E-state index in [1.165, 1.54) is 0 Å². The van der Waals surface area contributed by atoms with Gasteiger partial charge in [0, 0.05) is 6.04 Å². The predicted octanol–water partition coefficient (Wildman–Crippen LogP) is 0.295. The summed E-state index contributed by atoms with van der Waals surface area (Å²) < 4.78 is 0. The van der Waals surface area contributed by atoms with Crippen molar-refractivity contribution in [1.82, 2.24) is 10.6 Å². The van der Waals surface area contributed by atoms with Crippen molar-refractivity contribution in [1.29, 1.82) is 0 Å². The summed E-state index contributed by atoms with van der Waals surface area (Å²) in [6.45, 7) is 7.13. The molecule has 0 spiro atoms. The van der Waals surface area contributed by atoms with E-state index >= 15 is 0 Å². The summed E-state index contributed by atoms with van der Waals surface area (Å²) in [5, 5.41) is 13.8. The Bertz CT molecular complexity index is 342. The minimum Gasteiger partial charge on any atom is -0.481 e. The number of amides is 3. The van der Waals surface area contributed by atoms with E-state index < -0.39 is 30.0 Å². The largest absolute Gasteiger partial charge is 0.481 e. The third-order valence-electron chi connectivity index (χ3n) is 2.78. The standard InChI is InChI=1S/C12H23N3O4/c1-6(2)8(5-9(16)17)14-12(19)15-10(7(3)4)11(13)18/h6-8,10H,5H2,1-4H3,(H2,13,18)(H,16,17)(H2,14,15,19). The molecule has 19 heavy (non-hydrogen) atoms. The number of primary amides is 1. The molecule has 2 unspecified atom stereocenters. The third-order valence-corrected chi connectivity index (χ3v) is 2.78. The minimum absolute atomic E-state index is 0.0343. The van der Waals surface area contributed by atoms with Crippen molar-refractivity contribution in [3.05, 3.63) is 0 Å². The summed E-state index contributed by atoms with van der Waals surface area (Å²) in [4.78, 5) is 33.6. The lowest BCUT2D eigenvalue weighted by Gasteiger charge is -2.24. The van der Waals surface area contributed by atoms with Crippen LogP contribution in [0.1, 0.15) is 34.1 Å². The van der Waals surface area contributed by atoms with Gasteiger partial charge in [0.1, 0.15) is 6.04 Å². The highest BCUT2D eigenvalue weighted by Gasteiger charge is 2.24. The molecule has 0 saturated heterocycles. The van der Waals surface area contributed by atoms with E-state index in [2.05, 4.69) is 10.6 Å². The number of carbonyl (C=O) groups excluding carboxylic acids is 2. The molecule has 0 aliphatic rings. The Morgan fingerprint density at radius 1 is 1.05 bits per heavy atom. The van der Waals surface area contributed by atoms with Gasteiger partial charge in [0.2, 0.25) is 5.91 Å². The van der Waals surface area contributed by atoms with E-state index in [9.17, 15) is 14.4 Å². The molecule has 0 saturated carbocycles. The molecule has 0 radical (unpaired) electrons. The van der Waals surface area contributed by atoms with Gasteiger partial charge in [-0.25, -0.2) is 4.79 Å². The zero-order valence-electron chi connectivity index (χ0n) is 11.8. The van der Waals surface area contributed by atoms with Gasteiger partial charge in [0.25, 0.3) is 0 Å². The van der Waals surface area contributed by atoms with E-state index in [4.69, 9.17) is 10.8 Å². The number of nitrogens with two attached hydrogens (primary N) is 1. The minimum atomic E-state index is -0.991. The molecule has 0 aromatic heterocycles. The summed E-state index contributed by atoms with van der Waals surface area (Å²) in [5.41, 5.74) is 5.18. The number of aliphatic carboxylic acids is 1. The number of rotatable bonds is 7. The van der Waals surface area contributed by atoms with E-state index in [-0.39, 0.29) is 18.3 Å². The molecule has 0 rings (SSSR count). The molecule has 3 amide bonds. The van der Waals surface area contributed by atoms with Gasteiger partial charge in [-0.2, -0.15) is 0 Å². The van der Waals surface area contributed by atoms with Crippen molar-refractivity contribution < 1.29 is 19.5 Å². The highest BCUT2D eigenvalue weighted by molar-refractivity contribution is 5.86. The van der Waals surface area contributed by atoms with Gasteiger partial charge < -0.3 is 21.5 Å². The van der Waals surface area contributed by atoms with E-state index in [1.807, 2.05) is 13.8 Å². The first-order chi connectivity index (χ1) is 8.65. The number of hydrogen-bond acceptors (Lipinski definition) is 3. The summed E-state index contributed by atoms with van der Waals surface area (Å²) in [5.74, 6) is -1.79. The smallest absolute Gasteiger partial charge is 0.315 e. The predicted molar refractivity (Wildman–Crippen MR) is 70.4 cm³/mol. The molecular formula is C12H23N3O4. The average molecular weight is 273 g/mol. The summed E-state index contributed by atoms with van der Waals surface area (Å²) in [6, 6.07) is -1.87. The quantitative estimate of drug-likeness (QED) is 0.532. The Morgan fingerprint density at radius 3 is 1.89 bits per heavy atom. The molecule has 2 atom stereocenters. The molecule has 0 fully saturated rings. The number of urea groups is 1. The van der Waals surface area contributed by atoms with Crippen molar-refractivity contribution in [3.63, 3.8) is 0 Å². The summed E-state index contributed by atoms with van der Waals surface area (Å²) >= 11 is 0. The number of carbonyl (C=O) groups is 3. The van der Waals surface area contributed by atoms with Gasteiger partial charge in [0.05, 0.1) is 6.42 Å². The van der Waals surface area contributed by atoms with Crippen LogP contribution in [-0.4, -0.2) is 35.1 Å². The van der Waals surface area contributed by atoms with Crippen molar-refractivity contribution in [2.75, 3.05) is 0 Å². The van der Waals surface area contributed by atoms with Crippen molar-refractivity contribution in [2.24, 2.45) is 17.6 Å². The number of nitrogens with one attached hydrogen (secondary N) is 2. The van der Waals surface area contributed by atoms with Crippen LogP contribution in [0.3, 0.4) is 0 Å². The third kappa shape index (κ3) is 6.64. The van der Waals surface area contributed by atoms with Gasteiger partial charge in [-0.1, -0.05) is 27.7 Å². The number of hydrogen-bond donors (Lipinski definition) is 4. The Balaban J connectivity index is 4.56. The highest BCUT2D eigenvalue weighted by Crippen LogP contribution is 2.06. The number of carboxylic acids is 1. The molecule has 0 aliphatic carbocycles. The van der Waals surface area contributed by atoms with Crippen LogP contribution >= 0.6 is 0 Å². The SMILES string of the molecule is CC(C)C(CC(=O)O)NC(=O)NC(C(N)=O)C(C)C. The average Bonchev–Trinajstić information content (AvgIpc) is 2.23. The van der Waals surface area contributed by atoms with Crippen LogP contribution in [0, 0.1) is 11.8 Å². The van der Waals surface area contributed by atoms with Crippen molar-refractivity contribution >= 4 is 17.9 Å². The monoisotopic (exact) mass is 273 g/mol. The molecule has 5 N–H and O–H groups in total. The molecule has 0 aromatic rings. The Labute approximate surface area is 112 Å². The van der Waals surface area contributed by atoms with Crippen LogP contribution in [0.4, 0.5) is 4.79 Å². The second-order valence-corrected chi connectivity index (χ2v) is 5.19. The maximum Gasteiger partial charge on any atom is 0.315 e. The molecule has 0 aromatic carbocycles. The van der Waals surface area contributed by atoms with Crippen LogP contribution in [0.2, 0.25) is 0 Å². The fraction of sp³-hybridized carbons (Fsp3) is 0.750. The first-order valence-electron chi connectivity index (χ1n) is 6.23. The van der Waals surface area contributed by atoms with E-state index in [0.717, 1.165) is 0 Å².